The smallest absolute Gasteiger partial charge is 0.182 e. The molecule has 0 radical (unpaired) electrons. The van der Waals surface area contributed by atoms with Crippen molar-refractivity contribution in [2.75, 3.05) is 26.3 Å². The molecule has 0 aromatic heterocycles. The lowest BCUT2D eigenvalue weighted by atomic mass is 9.86. The van der Waals surface area contributed by atoms with E-state index in [2.05, 4.69) is 4.90 Å². The van der Waals surface area contributed by atoms with Crippen molar-refractivity contribution in [1.82, 2.24) is 4.90 Å². The van der Waals surface area contributed by atoms with E-state index < -0.39 is 5.54 Å². The Labute approximate surface area is 119 Å². The Morgan fingerprint density at radius 1 is 1.40 bits per heavy atom. The number of ether oxygens (including phenoxy) is 1. The van der Waals surface area contributed by atoms with Crippen LogP contribution in [0.25, 0.3) is 0 Å². The van der Waals surface area contributed by atoms with Crippen LogP contribution >= 0.6 is 0 Å². The monoisotopic (exact) mass is 279 g/mol. The topological polar surface area (TPSA) is 29.5 Å². The molecule has 1 atom stereocenters. The average Bonchev–Trinajstić information content (AvgIpc) is 2.49. The highest BCUT2D eigenvalue weighted by atomic mass is 19.1. The molecule has 110 valence electrons. The highest BCUT2D eigenvalue weighted by molar-refractivity contribution is 6.03. The van der Waals surface area contributed by atoms with E-state index in [1.165, 1.54) is 6.07 Å². The number of ketones is 1. The lowest BCUT2D eigenvalue weighted by molar-refractivity contribution is -0.0106. The van der Waals surface area contributed by atoms with Crippen molar-refractivity contribution in [2.24, 2.45) is 0 Å². The van der Waals surface area contributed by atoms with E-state index in [0.29, 0.717) is 30.8 Å². The number of rotatable bonds is 4. The second-order valence-corrected chi connectivity index (χ2v) is 5.52. The van der Waals surface area contributed by atoms with Gasteiger partial charge in [0.25, 0.3) is 0 Å². The summed E-state index contributed by atoms with van der Waals surface area (Å²) < 4.78 is 19.0. The van der Waals surface area contributed by atoms with Crippen molar-refractivity contribution in [3.63, 3.8) is 0 Å². The Hall–Kier alpha value is -1.26. The minimum atomic E-state index is -0.592. The van der Waals surface area contributed by atoms with Gasteiger partial charge in [-0.25, -0.2) is 4.39 Å². The molecule has 1 fully saturated rings. The van der Waals surface area contributed by atoms with Crippen LogP contribution < -0.4 is 0 Å². The number of nitrogens with zero attached hydrogens (tertiary/aromatic N) is 1. The second kappa shape index (κ2) is 6.02. The number of hydrogen-bond acceptors (Lipinski definition) is 3. The van der Waals surface area contributed by atoms with Gasteiger partial charge in [0.1, 0.15) is 5.82 Å². The molecule has 1 heterocycles. The van der Waals surface area contributed by atoms with Gasteiger partial charge in [-0.05, 0) is 31.9 Å². The molecule has 1 unspecified atom stereocenters. The fourth-order valence-corrected chi connectivity index (χ4v) is 2.63. The molecule has 4 heteroatoms. The predicted molar refractivity (Wildman–Crippen MR) is 76.6 cm³/mol. The summed E-state index contributed by atoms with van der Waals surface area (Å²) in [4.78, 5) is 15.0. The number of aryl methyl sites for hydroxylation is 1. The summed E-state index contributed by atoms with van der Waals surface area (Å²) in [5.74, 6) is -0.336. The maximum atomic E-state index is 13.7. The normalized spacial score (nSPS) is 19.6. The molecule has 2 rings (SSSR count). The quantitative estimate of drug-likeness (QED) is 0.794. The number of morpholine rings is 1. The third-order valence-electron chi connectivity index (χ3n) is 4.32. The first kappa shape index (κ1) is 15.1. The molecular formula is C16H22FNO2. The summed E-state index contributed by atoms with van der Waals surface area (Å²) in [5, 5.41) is 0. The predicted octanol–water partition coefficient (Wildman–Crippen LogP) is 2.82. The maximum Gasteiger partial charge on any atom is 0.182 e. The van der Waals surface area contributed by atoms with Gasteiger partial charge in [0, 0.05) is 18.7 Å². The van der Waals surface area contributed by atoms with Crippen molar-refractivity contribution in [1.29, 1.82) is 0 Å². The molecule has 0 saturated carbocycles. The summed E-state index contributed by atoms with van der Waals surface area (Å²) in [5.41, 5.74) is 0.418. The summed E-state index contributed by atoms with van der Waals surface area (Å²) in [6.07, 6.45) is 0.696. The number of carbonyl (C=O) groups excluding carboxylic acids is 1. The lowest BCUT2D eigenvalue weighted by Crippen LogP contribution is -2.56. The van der Waals surface area contributed by atoms with Gasteiger partial charge < -0.3 is 4.74 Å². The Bertz CT molecular complexity index is 497. The van der Waals surface area contributed by atoms with Gasteiger partial charge in [0.15, 0.2) is 5.78 Å². The van der Waals surface area contributed by atoms with Crippen molar-refractivity contribution in [3.8, 4) is 0 Å². The number of benzene rings is 1. The first-order valence-electron chi connectivity index (χ1n) is 7.13. The van der Waals surface area contributed by atoms with E-state index >= 15 is 0 Å². The SMILES string of the molecule is CCC(C)(C(=O)c1ccc(C)c(F)c1)N1CCOCC1. The first-order chi connectivity index (χ1) is 9.49. The van der Waals surface area contributed by atoms with Gasteiger partial charge in [-0.2, -0.15) is 0 Å². The van der Waals surface area contributed by atoms with E-state index in [0.717, 1.165) is 13.1 Å². The van der Waals surface area contributed by atoms with Crippen molar-refractivity contribution >= 4 is 5.78 Å². The molecule has 0 aliphatic carbocycles. The van der Waals surface area contributed by atoms with E-state index in [1.54, 1.807) is 19.1 Å². The standard InChI is InChI=1S/C16H22FNO2/c1-4-16(3,18-7-9-20-10-8-18)15(19)13-6-5-12(2)14(17)11-13/h5-6,11H,4,7-10H2,1-3H3. The molecule has 1 aliphatic heterocycles. The van der Waals surface area contributed by atoms with Gasteiger partial charge >= 0.3 is 0 Å². The molecule has 1 saturated heterocycles. The zero-order valence-corrected chi connectivity index (χ0v) is 12.4. The van der Waals surface area contributed by atoms with Crippen LogP contribution in [0, 0.1) is 12.7 Å². The van der Waals surface area contributed by atoms with Gasteiger partial charge in [-0.3, -0.25) is 9.69 Å². The van der Waals surface area contributed by atoms with Crippen LogP contribution in [-0.4, -0.2) is 42.5 Å². The van der Waals surface area contributed by atoms with Crippen LogP contribution in [0.1, 0.15) is 36.2 Å². The third kappa shape index (κ3) is 2.76. The zero-order valence-electron chi connectivity index (χ0n) is 12.4. The molecule has 0 bridgehead atoms. The molecule has 1 aromatic rings. The van der Waals surface area contributed by atoms with E-state index in [4.69, 9.17) is 4.74 Å². The number of carbonyl (C=O) groups is 1. The summed E-state index contributed by atoms with van der Waals surface area (Å²) in [7, 11) is 0. The van der Waals surface area contributed by atoms with Crippen molar-refractivity contribution < 1.29 is 13.9 Å². The Kier molecular flexibility index (Phi) is 4.55. The highest BCUT2D eigenvalue weighted by Crippen LogP contribution is 2.26. The van der Waals surface area contributed by atoms with Crippen LogP contribution in [0.3, 0.4) is 0 Å². The van der Waals surface area contributed by atoms with Crippen LogP contribution in [-0.2, 0) is 4.74 Å². The highest BCUT2D eigenvalue weighted by Gasteiger charge is 2.38. The Morgan fingerprint density at radius 3 is 2.60 bits per heavy atom. The number of hydrogen-bond donors (Lipinski definition) is 0. The fourth-order valence-electron chi connectivity index (χ4n) is 2.63. The summed E-state index contributed by atoms with van der Waals surface area (Å²) in [6, 6.07) is 4.74. The van der Waals surface area contributed by atoms with Gasteiger partial charge in [0.05, 0.1) is 18.8 Å². The molecule has 1 aromatic carbocycles. The molecule has 0 amide bonds. The minimum absolute atomic E-state index is 0.0131. The number of Topliss-reactive ketones (excluding diaryl/α,β-unsaturated/α-hetero) is 1. The average molecular weight is 279 g/mol. The number of halogens is 1. The zero-order chi connectivity index (χ0) is 14.8. The van der Waals surface area contributed by atoms with Gasteiger partial charge in [-0.1, -0.05) is 19.1 Å². The van der Waals surface area contributed by atoms with E-state index in [1.807, 2.05) is 13.8 Å². The van der Waals surface area contributed by atoms with E-state index in [9.17, 15) is 9.18 Å². The Balaban J connectivity index is 2.29. The maximum absolute atomic E-state index is 13.7. The van der Waals surface area contributed by atoms with Crippen LogP contribution in [0.15, 0.2) is 18.2 Å². The van der Waals surface area contributed by atoms with Gasteiger partial charge in [0.2, 0.25) is 0 Å². The van der Waals surface area contributed by atoms with Crippen LogP contribution in [0.4, 0.5) is 4.39 Å². The molecule has 1 aliphatic rings. The second-order valence-electron chi connectivity index (χ2n) is 5.52. The Morgan fingerprint density at radius 2 is 2.05 bits per heavy atom. The minimum Gasteiger partial charge on any atom is -0.379 e. The van der Waals surface area contributed by atoms with E-state index in [-0.39, 0.29) is 11.6 Å². The molecule has 0 N–H and O–H groups in total. The molecular weight excluding hydrogens is 257 g/mol. The van der Waals surface area contributed by atoms with Crippen molar-refractivity contribution in [3.05, 3.63) is 35.1 Å². The third-order valence-corrected chi connectivity index (χ3v) is 4.32. The van der Waals surface area contributed by atoms with Crippen LogP contribution in [0.5, 0.6) is 0 Å². The lowest BCUT2D eigenvalue weighted by Gasteiger charge is -2.41. The molecule has 3 nitrogen and oxygen atoms in total. The van der Waals surface area contributed by atoms with Crippen molar-refractivity contribution in [2.45, 2.75) is 32.7 Å². The molecule has 0 spiro atoms. The summed E-state index contributed by atoms with van der Waals surface area (Å²) in [6.45, 7) is 8.41. The van der Waals surface area contributed by atoms with Crippen LogP contribution in [0.2, 0.25) is 0 Å². The molecule has 20 heavy (non-hydrogen) atoms. The fraction of sp³-hybridized carbons (Fsp3) is 0.562. The van der Waals surface area contributed by atoms with Gasteiger partial charge in [-0.15, -0.1) is 0 Å². The first-order valence-corrected chi connectivity index (χ1v) is 7.13. The summed E-state index contributed by atoms with van der Waals surface area (Å²) >= 11 is 0. The largest absolute Gasteiger partial charge is 0.379 e.